The van der Waals surface area contributed by atoms with Gasteiger partial charge >= 0.3 is 5.97 Å². The van der Waals surface area contributed by atoms with Crippen LogP contribution in [0.3, 0.4) is 0 Å². The van der Waals surface area contributed by atoms with Gasteiger partial charge in [0.25, 0.3) is 0 Å². The van der Waals surface area contributed by atoms with Gasteiger partial charge in [-0.25, -0.2) is 0 Å². The van der Waals surface area contributed by atoms with Crippen molar-refractivity contribution in [3.63, 3.8) is 0 Å². The number of hydrogen-bond acceptors (Lipinski definition) is 1. The molecule has 0 aromatic heterocycles. The van der Waals surface area contributed by atoms with Crippen LogP contribution in [0.1, 0.15) is 11.1 Å². The highest BCUT2D eigenvalue weighted by Gasteiger charge is 2.05. The molecule has 0 atom stereocenters. The largest absolute Gasteiger partial charge is 0.481 e. The van der Waals surface area contributed by atoms with Crippen molar-refractivity contribution >= 4 is 28.3 Å². The number of carbonyl (C=O) groups is 1. The maximum Gasteiger partial charge on any atom is 0.307 e. The van der Waals surface area contributed by atoms with Crippen molar-refractivity contribution in [3.8, 4) is 0 Å². The number of benzene rings is 2. The Morgan fingerprint density at radius 2 is 2.06 bits per heavy atom. The van der Waals surface area contributed by atoms with E-state index in [9.17, 15) is 4.79 Å². The first-order chi connectivity index (χ1) is 7.70. The summed E-state index contributed by atoms with van der Waals surface area (Å²) in [6, 6.07) is 11.6. The van der Waals surface area contributed by atoms with Crippen LogP contribution >= 0.6 is 11.6 Å². The standard InChI is InChI=1S/C13H11ClO2/c14-8-9-4-5-10-2-1-3-11(7-13(15)16)12(10)6-9/h1-6H,7-8H2,(H,15,16). The maximum absolute atomic E-state index is 10.7. The topological polar surface area (TPSA) is 37.3 Å². The molecule has 1 N–H and O–H groups in total. The van der Waals surface area contributed by atoms with Gasteiger partial charge in [0, 0.05) is 5.88 Å². The highest BCUT2D eigenvalue weighted by atomic mass is 35.5. The van der Waals surface area contributed by atoms with Crippen molar-refractivity contribution in [2.45, 2.75) is 12.3 Å². The number of hydrogen-bond donors (Lipinski definition) is 1. The third-order valence-corrected chi connectivity index (χ3v) is 2.84. The van der Waals surface area contributed by atoms with Gasteiger partial charge in [0.05, 0.1) is 6.42 Å². The Morgan fingerprint density at radius 3 is 2.75 bits per heavy atom. The van der Waals surface area contributed by atoms with E-state index in [0.717, 1.165) is 21.9 Å². The van der Waals surface area contributed by atoms with Gasteiger partial charge in [0.1, 0.15) is 0 Å². The number of alkyl halides is 1. The second-order valence-electron chi connectivity index (χ2n) is 3.68. The fraction of sp³-hybridized carbons (Fsp3) is 0.154. The molecule has 2 rings (SSSR count). The quantitative estimate of drug-likeness (QED) is 0.828. The van der Waals surface area contributed by atoms with Crippen molar-refractivity contribution < 1.29 is 9.90 Å². The van der Waals surface area contributed by atoms with Crippen LogP contribution in [0.5, 0.6) is 0 Å². The first kappa shape index (κ1) is 11.0. The molecule has 0 bridgehead atoms. The van der Waals surface area contributed by atoms with E-state index in [2.05, 4.69) is 0 Å². The second kappa shape index (κ2) is 4.54. The molecule has 0 fully saturated rings. The molecule has 2 aromatic carbocycles. The molecule has 0 saturated heterocycles. The Kier molecular flexibility index (Phi) is 3.11. The molecule has 82 valence electrons. The van der Waals surface area contributed by atoms with E-state index < -0.39 is 5.97 Å². The molecular weight excluding hydrogens is 224 g/mol. The summed E-state index contributed by atoms with van der Waals surface area (Å²) in [4.78, 5) is 10.7. The molecule has 3 heteroatoms. The van der Waals surface area contributed by atoms with Gasteiger partial charge in [-0.05, 0) is 28.0 Å². The molecule has 0 unspecified atom stereocenters. The normalized spacial score (nSPS) is 10.6. The van der Waals surface area contributed by atoms with Crippen LogP contribution in [0, 0.1) is 0 Å². The van der Waals surface area contributed by atoms with Crippen molar-refractivity contribution in [2.24, 2.45) is 0 Å². The third kappa shape index (κ3) is 2.17. The van der Waals surface area contributed by atoms with E-state index in [-0.39, 0.29) is 6.42 Å². The van der Waals surface area contributed by atoms with Crippen molar-refractivity contribution in [1.29, 1.82) is 0 Å². The monoisotopic (exact) mass is 234 g/mol. The summed E-state index contributed by atoms with van der Waals surface area (Å²) in [5, 5.41) is 10.9. The predicted octanol–water partition coefficient (Wildman–Crippen LogP) is 3.21. The van der Waals surface area contributed by atoms with Gasteiger partial charge in [-0.2, -0.15) is 0 Å². The van der Waals surface area contributed by atoms with E-state index in [1.807, 2.05) is 36.4 Å². The Hall–Kier alpha value is -1.54. The van der Waals surface area contributed by atoms with Gasteiger partial charge in [-0.15, -0.1) is 11.6 Å². The number of halogens is 1. The van der Waals surface area contributed by atoms with E-state index in [1.165, 1.54) is 0 Å². The molecule has 0 aliphatic rings. The fourth-order valence-electron chi connectivity index (χ4n) is 1.78. The zero-order valence-electron chi connectivity index (χ0n) is 8.61. The smallest absolute Gasteiger partial charge is 0.307 e. The maximum atomic E-state index is 10.7. The lowest BCUT2D eigenvalue weighted by atomic mass is 10.0. The van der Waals surface area contributed by atoms with Gasteiger partial charge in [-0.3, -0.25) is 4.79 Å². The lowest BCUT2D eigenvalue weighted by Gasteiger charge is -2.05. The number of aliphatic carboxylic acids is 1. The van der Waals surface area contributed by atoms with Crippen LogP contribution < -0.4 is 0 Å². The minimum Gasteiger partial charge on any atom is -0.481 e. The SMILES string of the molecule is O=C(O)Cc1cccc2ccc(CCl)cc12. The highest BCUT2D eigenvalue weighted by Crippen LogP contribution is 2.21. The first-order valence-corrected chi connectivity index (χ1v) is 5.52. The summed E-state index contributed by atoms with van der Waals surface area (Å²) < 4.78 is 0. The summed E-state index contributed by atoms with van der Waals surface area (Å²) in [6.45, 7) is 0. The average molecular weight is 235 g/mol. The van der Waals surface area contributed by atoms with E-state index in [4.69, 9.17) is 16.7 Å². The van der Waals surface area contributed by atoms with Gasteiger partial charge in [-0.1, -0.05) is 30.3 Å². The summed E-state index contributed by atoms with van der Waals surface area (Å²) in [5.41, 5.74) is 1.84. The molecule has 2 nitrogen and oxygen atoms in total. The number of rotatable bonds is 3. The highest BCUT2D eigenvalue weighted by molar-refractivity contribution is 6.17. The zero-order chi connectivity index (χ0) is 11.5. The number of fused-ring (bicyclic) bond motifs is 1. The molecule has 2 aromatic rings. The van der Waals surface area contributed by atoms with Crippen LogP contribution in [0.4, 0.5) is 0 Å². The van der Waals surface area contributed by atoms with Crippen LogP contribution in [-0.4, -0.2) is 11.1 Å². The van der Waals surface area contributed by atoms with Gasteiger partial charge in [0.2, 0.25) is 0 Å². The summed E-state index contributed by atoms with van der Waals surface area (Å²) >= 11 is 5.77. The van der Waals surface area contributed by atoms with Crippen LogP contribution in [0.15, 0.2) is 36.4 Å². The fourth-order valence-corrected chi connectivity index (χ4v) is 1.95. The predicted molar refractivity (Wildman–Crippen MR) is 64.8 cm³/mol. The molecule has 0 aliphatic carbocycles. The minimum absolute atomic E-state index is 0.0447. The Labute approximate surface area is 98.5 Å². The summed E-state index contributed by atoms with van der Waals surface area (Å²) in [6.07, 6.45) is 0.0447. The third-order valence-electron chi connectivity index (χ3n) is 2.53. The summed E-state index contributed by atoms with van der Waals surface area (Å²) in [5.74, 6) is -0.374. The minimum atomic E-state index is -0.816. The number of carboxylic acids is 1. The molecule has 0 amide bonds. The molecule has 0 aliphatic heterocycles. The van der Waals surface area contributed by atoms with Crippen LogP contribution in [0.25, 0.3) is 10.8 Å². The van der Waals surface area contributed by atoms with Gasteiger partial charge < -0.3 is 5.11 Å². The van der Waals surface area contributed by atoms with Crippen LogP contribution in [-0.2, 0) is 17.1 Å². The van der Waals surface area contributed by atoms with E-state index >= 15 is 0 Å². The summed E-state index contributed by atoms with van der Waals surface area (Å²) in [7, 11) is 0. The first-order valence-electron chi connectivity index (χ1n) is 4.99. The van der Waals surface area contributed by atoms with Crippen molar-refractivity contribution in [2.75, 3.05) is 0 Å². The molecular formula is C13H11ClO2. The molecule has 0 radical (unpaired) electrons. The average Bonchev–Trinajstić information content (AvgIpc) is 2.28. The molecule has 0 spiro atoms. The van der Waals surface area contributed by atoms with Crippen molar-refractivity contribution in [3.05, 3.63) is 47.5 Å². The molecule has 0 saturated carbocycles. The van der Waals surface area contributed by atoms with E-state index in [0.29, 0.717) is 5.88 Å². The van der Waals surface area contributed by atoms with Gasteiger partial charge in [0.15, 0.2) is 0 Å². The second-order valence-corrected chi connectivity index (χ2v) is 3.94. The Balaban J connectivity index is 2.59. The number of carboxylic acid groups (broad SMARTS) is 1. The Morgan fingerprint density at radius 1 is 1.25 bits per heavy atom. The lowest BCUT2D eigenvalue weighted by molar-refractivity contribution is -0.136. The lowest BCUT2D eigenvalue weighted by Crippen LogP contribution is -2.00. The zero-order valence-corrected chi connectivity index (χ0v) is 9.37. The van der Waals surface area contributed by atoms with E-state index in [1.54, 1.807) is 0 Å². The van der Waals surface area contributed by atoms with Crippen molar-refractivity contribution in [1.82, 2.24) is 0 Å². The molecule has 0 heterocycles. The Bertz CT molecular complexity index is 534. The van der Waals surface area contributed by atoms with Crippen LogP contribution in [0.2, 0.25) is 0 Å². The molecule has 16 heavy (non-hydrogen) atoms.